The highest BCUT2D eigenvalue weighted by Gasteiger charge is 2.32. The van der Waals surface area contributed by atoms with Crippen molar-refractivity contribution in [1.82, 2.24) is 0 Å². The highest BCUT2D eigenvalue weighted by molar-refractivity contribution is 5.90. The summed E-state index contributed by atoms with van der Waals surface area (Å²) in [5.41, 5.74) is 2.36. The van der Waals surface area contributed by atoms with Crippen molar-refractivity contribution in [3.8, 4) is 0 Å². The molecule has 1 heteroatoms. The van der Waals surface area contributed by atoms with Gasteiger partial charge in [0.1, 0.15) is 0 Å². The van der Waals surface area contributed by atoms with E-state index in [0.29, 0.717) is 0 Å². The van der Waals surface area contributed by atoms with Crippen molar-refractivity contribution in [2.24, 2.45) is 4.99 Å². The molecular formula is C12H9N. The van der Waals surface area contributed by atoms with Gasteiger partial charge in [0.05, 0.1) is 11.1 Å². The Balaban J connectivity index is 2.28. The van der Waals surface area contributed by atoms with Crippen molar-refractivity contribution < 1.29 is 0 Å². The second-order valence-electron chi connectivity index (χ2n) is 3.43. The third-order valence-electron chi connectivity index (χ3n) is 2.64. The second kappa shape index (κ2) is 2.19. The van der Waals surface area contributed by atoms with Crippen LogP contribution in [0.15, 0.2) is 53.6 Å². The van der Waals surface area contributed by atoms with Crippen molar-refractivity contribution >= 4 is 11.9 Å². The van der Waals surface area contributed by atoms with E-state index in [9.17, 15) is 0 Å². The third-order valence-corrected chi connectivity index (χ3v) is 2.64. The Morgan fingerprint density at radius 2 is 1.77 bits per heavy atom. The summed E-state index contributed by atoms with van der Waals surface area (Å²) in [7, 11) is 0. The SMILES string of the molecule is C1=CC2(C=C1)C=Nc1ccccc12. The van der Waals surface area contributed by atoms with Gasteiger partial charge in [0.25, 0.3) is 0 Å². The van der Waals surface area contributed by atoms with Gasteiger partial charge in [0.15, 0.2) is 0 Å². The molecule has 1 heterocycles. The highest BCUT2D eigenvalue weighted by atomic mass is 14.8. The Bertz CT molecular complexity index is 426. The number of aliphatic imine (C=N–C) groups is 1. The molecule has 0 N–H and O–H groups in total. The lowest BCUT2D eigenvalue weighted by Gasteiger charge is -2.15. The van der Waals surface area contributed by atoms with E-state index in [-0.39, 0.29) is 5.41 Å². The molecular weight excluding hydrogens is 158 g/mol. The zero-order valence-corrected chi connectivity index (χ0v) is 7.14. The fraction of sp³-hybridized carbons (Fsp3) is 0.0833. The molecule has 1 nitrogen and oxygen atoms in total. The van der Waals surface area contributed by atoms with Gasteiger partial charge in [0.2, 0.25) is 0 Å². The number of nitrogens with zero attached hydrogens (tertiary/aromatic N) is 1. The van der Waals surface area contributed by atoms with Crippen LogP contribution < -0.4 is 0 Å². The molecule has 1 spiro atoms. The molecule has 0 unspecified atom stereocenters. The quantitative estimate of drug-likeness (QED) is 0.563. The number of allylic oxidation sites excluding steroid dienone is 4. The smallest absolute Gasteiger partial charge is 0.0693 e. The lowest BCUT2D eigenvalue weighted by Crippen LogP contribution is -2.16. The van der Waals surface area contributed by atoms with Gasteiger partial charge in [-0.05, 0) is 11.6 Å². The van der Waals surface area contributed by atoms with Crippen LogP contribution in [0.25, 0.3) is 0 Å². The van der Waals surface area contributed by atoms with Crippen LogP contribution in [-0.4, -0.2) is 6.21 Å². The lowest BCUT2D eigenvalue weighted by molar-refractivity contribution is 0.980. The molecule has 3 rings (SSSR count). The first-order chi connectivity index (χ1) is 6.41. The summed E-state index contributed by atoms with van der Waals surface area (Å²) in [6.07, 6.45) is 10.5. The molecule has 0 radical (unpaired) electrons. The van der Waals surface area contributed by atoms with Crippen LogP contribution in [0.4, 0.5) is 5.69 Å². The van der Waals surface area contributed by atoms with E-state index in [1.54, 1.807) is 0 Å². The topological polar surface area (TPSA) is 12.4 Å². The summed E-state index contributed by atoms with van der Waals surface area (Å²) in [5.74, 6) is 0. The van der Waals surface area contributed by atoms with E-state index < -0.39 is 0 Å². The number of rotatable bonds is 0. The Kier molecular flexibility index (Phi) is 1.15. The van der Waals surface area contributed by atoms with Gasteiger partial charge >= 0.3 is 0 Å². The minimum Gasteiger partial charge on any atom is -0.259 e. The molecule has 13 heavy (non-hydrogen) atoms. The van der Waals surface area contributed by atoms with Gasteiger partial charge in [-0.3, -0.25) is 4.99 Å². The summed E-state index contributed by atoms with van der Waals surface area (Å²) < 4.78 is 0. The Labute approximate surface area is 77.1 Å². The van der Waals surface area contributed by atoms with E-state index in [2.05, 4.69) is 47.5 Å². The number of fused-ring (bicyclic) bond motifs is 2. The van der Waals surface area contributed by atoms with E-state index >= 15 is 0 Å². The average molecular weight is 167 g/mol. The first-order valence-corrected chi connectivity index (χ1v) is 4.43. The molecule has 1 aliphatic heterocycles. The van der Waals surface area contributed by atoms with Crippen LogP contribution in [0.2, 0.25) is 0 Å². The average Bonchev–Trinajstić information content (AvgIpc) is 2.78. The van der Waals surface area contributed by atoms with Gasteiger partial charge in [-0.1, -0.05) is 42.5 Å². The standard InChI is InChI=1S/C12H9N/c1-2-6-11-10(5-1)12(9-13-11)7-3-4-8-12/h1-9H. The number of hydrogen-bond acceptors (Lipinski definition) is 1. The minimum atomic E-state index is -0.0312. The summed E-state index contributed by atoms with van der Waals surface area (Å²) in [5, 5.41) is 0. The van der Waals surface area contributed by atoms with E-state index in [1.165, 1.54) is 5.56 Å². The molecule has 0 fully saturated rings. The maximum atomic E-state index is 4.41. The maximum absolute atomic E-state index is 4.41. The summed E-state index contributed by atoms with van der Waals surface area (Å²) in [6, 6.07) is 8.29. The molecule has 0 bridgehead atoms. The molecule has 1 aromatic rings. The molecule has 0 saturated heterocycles. The lowest BCUT2D eigenvalue weighted by atomic mass is 9.84. The molecule has 0 amide bonds. The van der Waals surface area contributed by atoms with Gasteiger partial charge in [-0.15, -0.1) is 0 Å². The van der Waals surface area contributed by atoms with Gasteiger partial charge in [-0.25, -0.2) is 0 Å². The molecule has 0 atom stereocenters. The monoisotopic (exact) mass is 167 g/mol. The van der Waals surface area contributed by atoms with E-state index in [4.69, 9.17) is 0 Å². The molecule has 0 saturated carbocycles. The third kappa shape index (κ3) is 0.788. The molecule has 1 aromatic carbocycles. The van der Waals surface area contributed by atoms with Crippen LogP contribution in [0, 0.1) is 0 Å². The zero-order valence-electron chi connectivity index (χ0n) is 7.14. The predicted molar refractivity (Wildman–Crippen MR) is 54.6 cm³/mol. The zero-order chi connectivity index (χ0) is 8.73. The van der Waals surface area contributed by atoms with Gasteiger partial charge < -0.3 is 0 Å². The van der Waals surface area contributed by atoms with E-state index in [1.807, 2.05) is 12.3 Å². The van der Waals surface area contributed by atoms with Crippen LogP contribution in [-0.2, 0) is 5.41 Å². The number of para-hydroxylation sites is 1. The van der Waals surface area contributed by atoms with Crippen LogP contribution in [0.1, 0.15) is 5.56 Å². The molecule has 1 aliphatic carbocycles. The first kappa shape index (κ1) is 6.84. The van der Waals surface area contributed by atoms with E-state index in [0.717, 1.165) is 5.69 Å². The van der Waals surface area contributed by atoms with Crippen molar-refractivity contribution in [2.75, 3.05) is 0 Å². The fourth-order valence-electron chi connectivity index (χ4n) is 1.95. The second-order valence-corrected chi connectivity index (χ2v) is 3.43. The summed E-state index contributed by atoms with van der Waals surface area (Å²) in [6.45, 7) is 0. The molecule has 2 aliphatic rings. The normalized spacial score (nSPS) is 20.0. The maximum Gasteiger partial charge on any atom is 0.0693 e. The van der Waals surface area contributed by atoms with Crippen molar-refractivity contribution in [3.05, 3.63) is 54.1 Å². The number of hydrogen-bond donors (Lipinski definition) is 0. The van der Waals surface area contributed by atoms with Crippen molar-refractivity contribution in [3.63, 3.8) is 0 Å². The largest absolute Gasteiger partial charge is 0.259 e. The first-order valence-electron chi connectivity index (χ1n) is 4.43. The Morgan fingerprint density at radius 3 is 2.62 bits per heavy atom. The summed E-state index contributed by atoms with van der Waals surface area (Å²) >= 11 is 0. The highest BCUT2D eigenvalue weighted by Crippen LogP contribution is 2.40. The Morgan fingerprint density at radius 1 is 1.00 bits per heavy atom. The molecule has 62 valence electrons. The Hall–Kier alpha value is -1.63. The van der Waals surface area contributed by atoms with Crippen molar-refractivity contribution in [2.45, 2.75) is 5.41 Å². The minimum absolute atomic E-state index is 0.0312. The van der Waals surface area contributed by atoms with Crippen LogP contribution >= 0.6 is 0 Å². The summed E-state index contributed by atoms with van der Waals surface area (Å²) in [4.78, 5) is 4.41. The molecule has 0 aromatic heterocycles. The van der Waals surface area contributed by atoms with Gasteiger partial charge in [-0.2, -0.15) is 0 Å². The predicted octanol–water partition coefficient (Wildman–Crippen LogP) is 2.77. The van der Waals surface area contributed by atoms with Crippen molar-refractivity contribution in [1.29, 1.82) is 0 Å². The fourth-order valence-corrected chi connectivity index (χ4v) is 1.95. The van der Waals surface area contributed by atoms with Gasteiger partial charge in [0, 0.05) is 6.21 Å². The van der Waals surface area contributed by atoms with Crippen LogP contribution in [0.5, 0.6) is 0 Å². The van der Waals surface area contributed by atoms with Crippen LogP contribution in [0.3, 0.4) is 0 Å². The number of benzene rings is 1.